The fraction of sp³-hybridized carbons (Fsp3) is 0.308. The number of ether oxygens (including phenoxy) is 1. The molecule has 0 radical (unpaired) electrons. The Morgan fingerprint density at radius 2 is 2.24 bits per heavy atom. The summed E-state index contributed by atoms with van der Waals surface area (Å²) >= 11 is 0. The molecule has 0 amide bonds. The molecule has 0 heterocycles. The minimum atomic E-state index is -0.883. The maximum atomic E-state index is 10.6. The van der Waals surface area contributed by atoms with Crippen molar-refractivity contribution < 1.29 is 19.7 Å². The van der Waals surface area contributed by atoms with Crippen LogP contribution >= 0.6 is 0 Å². The lowest BCUT2D eigenvalue weighted by molar-refractivity contribution is -0.136. The molecule has 0 aliphatic carbocycles. The predicted octanol–water partition coefficient (Wildman–Crippen LogP) is 1.72. The topological polar surface area (TPSA) is 66.8 Å². The highest BCUT2D eigenvalue weighted by molar-refractivity contribution is 5.71. The van der Waals surface area contributed by atoms with E-state index in [1.54, 1.807) is 12.1 Å². The van der Waals surface area contributed by atoms with Crippen LogP contribution in [0.25, 0.3) is 6.08 Å². The van der Waals surface area contributed by atoms with Crippen molar-refractivity contribution in [2.45, 2.75) is 12.8 Å². The zero-order valence-electron chi connectivity index (χ0n) is 9.72. The number of aliphatic hydroxyl groups excluding tert-OH is 1. The molecule has 0 aliphatic rings. The van der Waals surface area contributed by atoms with Gasteiger partial charge in [0, 0.05) is 12.2 Å². The van der Waals surface area contributed by atoms with E-state index in [1.807, 2.05) is 18.2 Å². The van der Waals surface area contributed by atoms with Crippen LogP contribution in [0.15, 0.2) is 24.3 Å². The summed E-state index contributed by atoms with van der Waals surface area (Å²) in [4.78, 5) is 10.6. The van der Waals surface area contributed by atoms with Gasteiger partial charge in [-0.25, -0.2) is 0 Å². The lowest BCUT2D eigenvalue weighted by Gasteiger charge is -2.07. The third-order valence-electron chi connectivity index (χ3n) is 2.26. The molecule has 0 atom stereocenters. The molecule has 0 aromatic heterocycles. The predicted molar refractivity (Wildman–Crippen MR) is 65.1 cm³/mol. The van der Waals surface area contributed by atoms with Crippen molar-refractivity contribution in [2.24, 2.45) is 0 Å². The second kappa shape index (κ2) is 6.70. The summed E-state index contributed by atoms with van der Waals surface area (Å²) in [6, 6.07) is 5.35. The fourth-order valence-electron chi connectivity index (χ4n) is 1.47. The van der Waals surface area contributed by atoms with Gasteiger partial charge in [-0.15, -0.1) is 0 Å². The Labute approximate surface area is 100 Å². The van der Waals surface area contributed by atoms with Crippen LogP contribution in [0.2, 0.25) is 0 Å². The van der Waals surface area contributed by atoms with Crippen LogP contribution < -0.4 is 4.74 Å². The van der Waals surface area contributed by atoms with Gasteiger partial charge in [0.15, 0.2) is 0 Å². The van der Waals surface area contributed by atoms with E-state index in [-0.39, 0.29) is 13.0 Å². The van der Waals surface area contributed by atoms with Crippen LogP contribution in [-0.2, 0) is 11.2 Å². The van der Waals surface area contributed by atoms with Crippen LogP contribution in [0.5, 0.6) is 5.75 Å². The molecule has 1 rings (SSSR count). The lowest BCUT2D eigenvalue weighted by atomic mass is 10.1. The Morgan fingerprint density at radius 1 is 1.47 bits per heavy atom. The average Bonchev–Trinajstić information content (AvgIpc) is 2.30. The lowest BCUT2D eigenvalue weighted by Crippen LogP contribution is -2.02. The van der Waals surface area contributed by atoms with Crippen molar-refractivity contribution in [2.75, 3.05) is 13.7 Å². The number of methoxy groups -OCH3 is 1. The Balaban J connectivity index is 2.88. The maximum absolute atomic E-state index is 10.6. The first-order chi connectivity index (χ1) is 8.17. The highest BCUT2D eigenvalue weighted by Crippen LogP contribution is 2.21. The normalized spacial score (nSPS) is 10.7. The van der Waals surface area contributed by atoms with Crippen LogP contribution in [0, 0.1) is 0 Å². The zero-order chi connectivity index (χ0) is 12.7. The van der Waals surface area contributed by atoms with E-state index in [1.165, 1.54) is 7.11 Å². The number of carboxylic acid groups (broad SMARTS) is 1. The maximum Gasteiger partial charge on any atom is 0.307 e. The van der Waals surface area contributed by atoms with Crippen molar-refractivity contribution in [1.82, 2.24) is 0 Å². The van der Waals surface area contributed by atoms with E-state index in [0.29, 0.717) is 17.7 Å². The van der Waals surface area contributed by atoms with Crippen LogP contribution in [0.1, 0.15) is 17.5 Å². The number of aliphatic carboxylic acids is 1. The minimum absolute atomic E-state index is 0.0518. The molecule has 2 N–H and O–H groups in total. The van der Waals surface area contributed by atoms with Crippen LogP contribution in [0.4, 0.5) is 0 Å². The van der Waals surface area contributed by atoms with E-state index >= 15 is 0 Å². The van der Waals surface area contributed by atoms with E-state index in [9.17, 15) is 4.79 Å². The van der Waals surface area contributed by atoms with Gasteiger partial charge in [0.05, 0.1) is 13.5 Å². The van der Waals surface area contributed by atoms with Crippen LogP contribution in [-0.4, -0.2) is 29.9 Å². The molecule has 1 aromatic carbocycles. The van der Waals surface area contributed by atoms with Gasteiger partial charge in [0.1, 0.15) is 5.75 Å². The average molecular weight is 236 g/mol. The Morgan fingerprint density at radius 3 is 2.82 bits per heavy atom. The first-order valence-electron chi connectivity index (χ1n) is 5.33. The van der Waals surface area contributed by atoms with Crippen molar-refractivity contribution in [3.63, 3.8) is 0 Å². The number of rotatable bonds is 6. The molecule has 92 valence electrons. The monoisotopic (exact) mass is 236 g/mol. The molecular formula is C13H16O4. The van der Waals surface area contributed by atoms with Crippen molar-refractivity contribution in [3.8, 4) is 5.75 Å². The third kappa shape index (κ3) is 4.28. The molecule has 1 aromatic rings. The van der Waals surface area contributed by atoms with E-state index < -0.39 is 5.97 Å². The molecule has 0 unspecified atom stereocenters. The standard InChI is InChI=1S/C13H16O4/c1-17-12-8-10(4-2-3-7-14)5-6-11(12)9-13(15)16/h2,4-6,8,14H,3,7,9H2,1H3,(H,15,16). The summed E-state index contributed by atoms with van der Waals surface area (Å²) in [7, 11) is 1.52. The van der Waals surface area contributed by atoms with E-state index in [0.717, 1.165) is 5.56 Å². The summed E-state index contributed by atoms with van der Waals surface area (Å²) in [5, 5.41) is 17.4. The number of carboxylic acids is 1. The van der Waals surface area contributed by atoms with Gasteiger partial charge in [0.25, 0.3) is 0 Å². The Kier molecular flexibility index (Phi) is 5.23. The highest BCUT2D eigenvalue weighted by Gasteiger charge is 2.07. The molecular weight excluding hydrogens is 220 g/mol. The van der Waals surface area contributed by atoms with Crippen molar-refractivity contribution in [3.05, 3.63) is 35.4 Å². The molecule has 0 saturated heterocycles. The molecule has 4 heteroatoms. The number of aliphatic hydroxyl groups is 1. The minimum Gasteiger partial charge on any atom is -0.496 e. The van der Waals surface area contributed by atoms with Gasteiger partial charge in [-0.05, 0) is 18.1 Å². The van der Waals surface area contributed by atoms with Gasteiger partial charge in [-0.3, -0.25) is 4.79 Å². The summed E-state index contributed by atoms with van der Waals surface area (Å²) in [6.45, 7) is 0.116. The summed E-state index contributed by atoms with van der Waals surface area (Å²) in [5.74, 6) is -0.314. The third-order valence-corrected chi connectivity index (χ3v) is 2.26. The summed E-state index contributed by atoms with van der Waals surface area (Å²) in [5.41, 5.74) is 1.57. The SMILES string of the molecule is COc1cc(C=CCCO)ccc1CC(=O)O. The van der Waals surface area contributed by atoms with E-state index in [2.05, 4.69) is 0 Å². The number of hydrogen-bond donors (Lipinski definition) is 2. The molecule has 17 heavy (non-hydrogen) atoms. The Hall–Kier alpha value is -1.81. The first-order valence-corrected chi connectivity index (χ1v) is 5.33. The van der Waals surface area contributed by atoms with Gasteiger partial charge in [0.2, 0.25) is 0 Å². The zero-order valence-corrected chi connectivity index (χ0v) is 9.72. The first kappa shape index (κ1) is 13.3. The molecule has 0 aliphatic heterocycles. The van der Waals surface area contributed by atoms with Gasteiger partial charge < -0.3 is 14.9 Å². The van der Waals surface area contributed by atoms with Crippen molar-refractivity contribution in [1.29, 1.82) is 0 Å². The summed E-state index contributed by atoms with van der Waals surface area (Å²) < 4.78 is 5.15. The molecule has 4 nitrogen and oxygen atoms in total. The van der Waals surface area contributed by atoms with Crippen LogP contribution in [0.3, 0.4) is 0 Å². The molecule has 0 bridgehead atoms. The summed E-state index contributed by atoms with van der Waals surface area (Å²) in [6.07, 6.45) is 4.26. The smallest absolute Gasteiger partial charge is 0.307 e. The van der Waals surface area contributed by atoms with Gasteiger partial charge in [-0.2, -0.15) is 0 Å². The number of carbonyl (C=O) groups is 1. The number of benzene rings is 1. The fourth-order valence-corrected chi connectivity index (χ4v) is 1.47. The van der Waals surface area contributed by atoms with Gasteiger partial charge >= 0.3 is 5.97 Å². The Bertz CT molecular complexity index is 410. The molecule has 0 spiro atoms. The highest BCUT2D eigenvalue weighted by atomic mass is 16.5. The molecule has 0 fully saturated rings. The quantitative estimate of drug-likeness (QED) is 0.789. The largest absolute Gasteiger partial charge is 0.496 e. The second-order valence-electron chi connectivity index (χ2n) is 3.56. The second-order valence-corrected chi connectivity index (χ2v) is 3.56. The van der Waals surface area contributed by atoms with E-state index in [4.69, 9.17) is 14.9 Å². The molecule has 0 saturated carbocycles. The van der Waals surface area contributed by atoms with Gasteiger partial charge in [-0.1, -0.05) is 24.3 Å². The number of hydrogen-bond acceptors (Lipinski definition) is 3. The van der Waals surface area contributed by atoms with Crippen molar-refractivity contribution >= 4 is 12.0 Å².